The van der Waals surface area contributed by atoms with Crippen molar-refractivity contribution in [3.8, 4) is 0 Å². The summed E-state index contributed by atoms with van der Waals surface area (Å²) in [5.41, 5.74) is 7.72. The Balaban J connectivity index is 0.000000132. The lowest BCUT2D eigenvalue weighted by molar-refractivity contribution is 1.33. The summed E-state index contributed by atoms with van der Waals surface area (Å²) < 4.78 is 0. The van der Waals surface area contributed by atoms with Gasteiger partial charge in [-0.25, -0.2) is 0 Å². The van der Waals surface area contributed by atoms with Gasteiger partial charge >= 0.3 is 0 Å². The molecule has 0 spiro atoms. The normalized spacial score (nSPS) is 11.1. The number of pyridine rings is 4. The van der Waals surface area contributed by atoms with Crippen LogP contribution in [0.1, 0.15) is 16.7 Å². The summed E-state index contributed by atoms with van der Waals surface area (Å²) in [4.78, 5) is 17.7. The fraction of sp³-hybridized carbons (Fsp3) is 0.111. The second-order valence-electron chi connectivity index (χ2n) is 7.78. The molecule has 4 heterocycles. The minimum atomic E-state index is 0.985. The molecule has 6 aromatic rings. The molecule has 0 saturated carbocycles. The quantitative estimate of drug-likeness (QED) is 0.272. The van der Waals surface area contributed by atoms with Crippen molar-refractivity contribution < 1.29 is 0 Å². The van der Waals surface area contributed by atoms with Gasteiger partial charge in [-0.15, -0.1) is 0 Å². The molecular formula is C27H22N4. The number of rotatable bonds is 0. The van der Waals surface area contributed by atoms with Crippen molar-refractivity contribution in [1.29, 1.82) is 0 Å². The number of benzene rings is 2. The van der Waals surface area contributed by atoms with Gasteiger partial charge in [-0.3, -0.25) is 19.9 Å². The first-order valence-electron chi connectivity index (χ1n) is 10.3. The molecule has 0 aliphatic rings. The average molecular weight is 403 g/mol. The van der Waals surface area contributed by atoms with E-state index in [4.69, 9.17) is 0 Å². The number of nitrogens with zero attached hydrogens (tertiary/aromatic N) is 4. The van der Waals surface area contributed by atoms with Crippen molar-refractivity contribution in [2.75, 3.05) is 0 Å². The first kappa shape index (κ1) is 19.1. The van der Waals surface area contributed by atoms with Gasteiger partial charge in [0.2, 0.25) is 0 Å². The summed E-state index contributed by atoms with van der Waals surface area (Å²) in [6, 6.07) is 18.6. The van der Waals surface area contributed by atoms with Gasteiger partial charge in [0.15, 0.2) is 0 Å². The lowest BCUT2D eigenvalue weighted by Crippen LogP contribution is -1.88. The third-order valence-electron chi connectivity index (χ3n) is 5.73. The molecule has 0 atom stereocenters. The molecule has 0 N–H and O–H groups in total. The van der Waals surface area contributed by atoms with Crippen molar-refractivity contribution in [2.24, 2.45) is 0 Å². The molecule has 31 heavy (non-hydrogen) atoms. The summed E-state index contributed by atoms with van der Waals surface area (Å²) in [5.74, 6) is 0. The number of hydrogen-bond acceptors (Lipinski definition) is 4. The Kier molecular flexibility index (Phi) is 4.75. The molecule has 0 aliphatic heterocycles. The summed E-state index contributed by atoms with van der Waals surface area (Å²) in [7, 11) is 0. The predicted octanol–water partition coefficient (Wildman–Crippen LogP) is 6.49. The summed E-state index contributed by atoms with van der Waals surface area (Å²) in [6.07, 6.45) is 7.32. The van der Waals surface area contributed by atoms with Crippen LogP contribution >= 0.6 is 0 Å². The van der Waals surface area contributed by atoms with E-state index in [0.29, 0.717) is 0 Å². The van der Waals surface area contributed by atoms with Crippen LogP contribution in [-0.2, 0) is 0 Å². The molecule has 150 valence electrons. The van der Waals surface area contributed by atoms with Crippen LogP contribution in [0.5, 0.6) is 0 Å². The molecule has 0 radical (unpaired) electrons. The molecule has 4 aromatic heterocycles. The van der Waals surface area contributed by atoms with Crippen LogP contribution < -0.4 is 0 Å². The molecule has 2 aromatic carbocycles. The number of aryl methyl sites for hydroxylation is 3. The fourth-order valence-electron chi connectivity index (χ4n) is 4.06. The predicted molar refractivity (Wildman–Crippen MR) is 128 cm³/mol. The van der Waals surface area contributed by atoms with Gasteiger partial charge in [0.25, 0.3) is 0 Å². The highest BCUT2D eigenvalue weighted by Crippen LogP contribution is 2.26. The van der Waals surface area contributed by atoms with Gasteiger partial charge in [-0.1, -0.05) is 24.3 Å². The van der Waals surface area contributed by atoms with E-state index in [1.807, 2.05) is 49.1 Å². The van der Waals surface area contributed by atoms with Crippen molar-refractivity contribution >= 4 is 43.6 Å². The molecule has 0 aliphatic carbocycles. The van der Waals surface area contributed by atoms with Crippen molar-refractivity contribution in [2.45, 2.75) is 20.8 Å². The molecule has 0 amide bonds. The zero-order valence-electron chi connectivity index (χ0n) is 17.8. The van der Waals surface area contributed by atoms with Crippen LogP contribution in [0.2, 0.25) is 0 Å². The van der Waals surface area contributed by atoms with Crippen LogP contribution in [0.3, 0.4) is 0 Å². The monoisotopic (exact) mass is 402 g/mol. The van der Waals surface area contributed by atoms with Gasteiger partial charge in [0.05, 0.1) is 22.1 Å². The van der Waals surface area contributed by atoms with Crippen LogP contribution in [0.4, 0.5) is 0 Å². The van der Waals surface area contributed by atoms with E-state index < -0.39 is 0 Å². The van der Waals surface area contributed by atoms with Crippen molar-refractivity contribution in [3.63, 3.8) is 0 Å². The Labute approximate surface area is 180 Å². The standard InChI is InChI=1S/C14H12N2.C13H10N2/c1-9-5-7-15-13-11(9)3-4-12-10(2)6-8-16-14(12)13;1-9-8-10-4-2-6-14-12(10)13-11(9)5-3-7-15-13/h3-8H,1-2H3;2-8H,1H3. The van der Waals surface area contributed by atoms with Crippen LogP contribution in [-0.4, -0.2) is 19.9 Å². The van der Waals surface area contributed by atoms with E-state index in [-0.39, 0.29) is 0 Å². The largest absolute Gasteiger partial charge is 0.254 e. The highest BCUT2D eigenvalue weighted by Gasteiger charge is 2.06. The van der Waals surface area contributed by atoms with E-state index in [9.17, 15) is 0 Å². The highest BCUT2D eigenvalue weighted by atomic mass is 14.7. The molecule has 0 unspecified atom stereocenters. The number of fused-ring (bicyclic) bond motifs is 6. The maximum absolute atomic E-state index is 4.45. The minimum absolute atomic E-state index is 0.985. The van der Waals surface area contributed by atoms with Crippen LogP contribution in [0.25, 0.3) is 43.6 Å². The van der Waals surface area contributed by atoms with Gasteiger partial charge in [-0.2, -0.15) is 0 Å². The van der Waals surface area contributed by atoms with Gasteiger partial charge < -0.3 is 0 Å². The summed E-state index contributed by atoms with van der Waals surface area (Å²) in [5, 5.41) is 4.71. The van der Waals surface area contributed by atoms with Gasteiger partial charge in [0.1, 0.15) is 0 Å². The van der Waals surface area contributed by atoms with Crippen LogP contribution in [0, 0.1) is 20.8 Å². The number of aromatic nitrogens is 4. The summed E-state index contributed by atoms with van der Waals surface area (Å²) in [6.45, 7) is 6.31. The Bertz CT molecular complexity index is 1510. The fourth-order valence-corrected chi connectivity index (χ4v) is 4.06. The van der Waals surface area contributed by atoms with E-state index in [1.54, 1.807) is 0 Å². The minimum Gasteiger partial charge on any atom is -0.254 e. The third kappa shape index (κ3) is 3.36. The second-order valence-corrected chi connectivity index (χ2v) is 7.78. The maximum atomic E-state index is 4.45. The summed E-state index contributed by atoms with van der Waals surface area (Å²) >= 11 is 0. The zero-order valence-corrected chi connectivity index (χ0v) is 17.8. The van der Waals surface area contributed by atoms with E-state index in [0.717, 1.165) is 27.5 Å². The Morgan fingerprint density at radius 3 is 1.58 bits per heavy atom. The van der Waals surface area contributed by atoms with E-state index in [2.05, 4.69) is 71.0 Å². The second kappa shape index (κ2) is 7.73. The Morgan fingerprint density at radius 2 is 0.935 bits per heavy atom. The molecule has 4 nitrogen and oxygen atoms in total. The Hall–Kier alpha value is -3.92. The first-order chi connectivity index (χ1) is 15.1. The molecule has 0 fully saturated rings. The molecule has 0 saturated heterocycles. The molecule has 0 bridgehead atoms. The molecule has 4 heteroatoms. The maximum Gasteiger partial charge on any atom is 0.0967 e. The lowest BCUT2D eigenvalue weighted by atomic mass is 10.0. The topological polar surface area (TPSA) is 51.6 Å². The van der Waals surface area contributed by atoms with E-state index in [1.165, 1.54) is 32.8 Å². The first-order valence-corrected chi connectivity index (χ1v) is 10.3. The molecule has 6 rings (SSSR count). The lowest BCUT2D eigenvalue weighted by Gasteiger charge is -2.06. The van der Waals surface area contributed by atoms with Crippen molar-refractivity contribution in [1.82, 2.24) is 19.9 Å². The van der Waals surface area contributed by atoms with Gasteiger partial charge in [0, 0.05) is 46.3 Å². The number of hydrogen-bond donors (Lipinski definition) is 0. The highest BCUT2D eigenvalue weighted by molar-refractivity contribution is 6.05. The van der Waals surface area contributed by atoms with Crippen LogP contribution in [0.15, 0.2) is 79.4 Å². The van der Waals surface area contributed by atoms with Crippen molar-refractivity contribution in [3.05, 3.63) is 96.1 Å². The smallest absolute Gasteiger partial charge is 0.0967 e. The Morgan fingerprint density at radius 1 is 0.452 bits per heavy atom. The zero-order chi connectivity index (χ0) is 21.4. The third-order valence-corrected chi connectivity index (χ3v) is 5.73. The SMILES string of the molecule is Cc1cc2cccnc2c2ncccc12.Cc1ccnc2c1ccc1c(C)ccnc12. The van der Waals surface area contributed by atoms with E-state index >= 15 is 0 Å². The van der Waals surface area contributed by atoms with Gasteiger partial charge in [-0.05, 0) is 67.8 Å². The molecular weight excluding hydrogens is 380 g/mol. The average Bonchev–Trinajstić information content (AvgIpc) is 2.80.